The van der Waals surface area contributed by atoms with Crippen LogP contribution in [-0.2, 0) is 0 Å². The van der Waals surface area contributed by atoms with Crippen molar-refractivity contribution in [2.45, 2.75) is 19.4 Å². The summed E-state index contributed by atoms with van der Waals surface area (Å²) in [7, 11) is 0. The van der Waals surface area contributed by atoms with Gasteiger partial charge in [-0.2, -0.15) is 0 Å². The number of halogens is 4. The number of nitrogens with two attached hydrogens (primary N) is 1. The third-order valence-corrected chi connectivity index (χ3v) is 2.18. The summed E-state index contributed by atoms with van der Waals surface area (Å²) in [6.45, 7) is 1.75. The molecule has 0 spiro atoms. The van der Waals surface area contributed by atoms with E-state index < -0.39 is 17.7 Å². The van der Waals surface area contributed by atoms with Gasteiger partial charge in [-0.05, 0) is 18.6 Å². The predicted octanol–water partition coefficient (Wildman–Crippen LogP) is 3.45. The molecular weight excluding hydrogens is 231 g/mol. The first-order chi connectivity index (χ1) is 6.07. The maximum atomic E-state index is 13.2. The summed E-state index contributed by atoms with van der Waals surface area (Å²) in [4.78, 5) is 0. The third-order valence-electron chi connectivity index (χ3n) is 1.89. The van der Waals surface area contributed by atoms with Crippen LogP contribution in [0.3, 0.4) is 0 Å². The van der Waals surface area contributed by atoms with E-state index in [0.717, 1.165) is 6.07 Å². The molecule has 0 saturated carbocycles. The average molecular weight is 242 g/mol. The van der Waals surface area contributed by atoms with Crippen molar-refractivity contribution in [3.05, 3.63) is 34.4 Å². The minimum atomic E-state index is -0.754. The van der Waals surface area contributed by atoms with E-state index in [1.807, 2.05) is 0 Å². The van der Waals surface area contributed by atoms with Crippen molar-refractivity contribution in [1.29, 1.82) is 0 Å². The fourth-order valence-electron chi connectivity index (χ4n) is 1.09. The lowest BCUT2D eigenvalue weighted by Crippen LogP contribution is -2.13. The molecule has 0 bridgehead atoms. The molecule has 0 amide bonds. The Hall–Kier alpha value is -0.380. The van der Waals surface area contributed by atoms with Gasteiger partial charge in [-0.3, -0.25) is 0 Å². The summed E-state index contributed by atoms with van der Waals surface area (Å²) in [6.07, 6.45) is 0.466. The highest BCUT2D eigenvalue weighted by Gasteiger charge is 2.17. The zero-order chi connectivity index (χ0) is 10.0. The van der Waals surface area contributed by atoms with E-state index in [-0.39, 0.29) is 23.0 Å². The lowest BCUT2D eigenvalue weighted by atomic mass is 10.0. The largest absolute Gasteiger partial charge is 0.324 e. The number of hydrogen-bond acceptors (Lipinski definition) is 1. The number of rotatable bonds is 2. The van der Waals surface area contributed by atoms with Crippen molar-refractivity contribution < 1.29 is 8.78 Å². The summed E-state index contributed by atoms with van der Waals surface area (Å²) in [5.74, 6) is -1.40. The highest BCUT2D eigenvalue weighted by Crippen LogP contribution is 2.26. The van der Waals surface area contributed by atoms with Gasteiger partial charge in [-0.1, -0.05) is 18.5 Å². The lowest BCUT2D eigenvalue weighted by molar-refractivity contribution is 0.521. The van der Waals surface area contributed by atoms with Crippen LogP contribution < -0.4 is 5.73 Å². The molecule has 1 aromatic rings. The quantitative estimate of drug-likeness (QED) is 0.789. The van der Waals surface area contributed by atoms with E-state index in [0.29, 0.717) is 6.42 Å². The highest BCUT2D eigenvalue weighted by atomic mass is 35.5. The summed E-state index contributed by atoms with van der Waals surface area (Å²) in [5.41, 5.74) is 5.40. The molecule has 0 aliphatic carbocycles. The van der Waals surface area contributed by atoms with Gasteiger partial charge in [0.15, 0.2) is 0 Å². The molecule has 0 fully saturated rings. The van der Waals surface area contributed by atoms with Crippen molar-refractivity contribution in [3.63, 3.8) is 0 Å². The second kappa shape index (κ2) is 5.49. The predicted molar refractivity (Wildman–Crippen MR) is 55.8 cm³/mol. The molecule has 1 aromatic carbocycles. The monoisotopic (exact) mass is 241 g/mol. The fraction of sp³-hybridized carbons (Fsp3) is 0.333. The van der Waals surface area contributed by atoms with E-state index in [9.17, 15) is 8.78 Å². The van der Waals surface area contributed by atoms with Gasteiger partial charge in [0.05, 0.1) is 5.02 Å². The van der Waals surface area contributed by atoms with E-state index in [1.165, 1.54) is 6.07 Å². The molecule has 14 heavy (non-hydrogen) atoms. The van der Waals surface area contributed by atoms with Crippen molar-refractivity contribution in [3.8, 4) is 0 Å². The second-order valence-electron chi connectivity index (χ2n) is 2.77. The highest BCUT2D eigenvalue weighted by molar-refractivity contribution is 6.30. The van der Waals surface area contributed by atoms with Crippen LogP contribution in [0.25, 0.3) is 0 Å². The van der Waals surface area contributed by atoms with Gasteiger partial charge in [0.25, 0.3) is 0 Å². The van der Waals surface area contributed by atoms with Crippen molar-refractivity contribution >= 4 is 24.0 Å². The molecule has 0 aliphatic heterocycles. The number of hydrogen-bond donors (Lipinski definition) is 1. The van der Waals surface area contributed by atoms with Gasteiger partial charge in [0.1, 0.15) is 11.6 Å². The van der Waals surface area contributed by atoms with Crippen LogP contribution in [0.1, 0.15) is 24.9 Å². The summed E-state index contributed by atoms with van der Waals surface area (Å²) in [5, 5.41) is -0.0969. The molecule has 0 aromatic heterocycles. The van der Waals surface area contributed by atoms with Crippen LogP contribution in [0.5, 0.6) is 0 Å². The van der Waals surface area contributed by atoms with Crippen LogP contribution in [-0.4, -0.2) is 0 Å². The SMILES string of the molecule is CC[C@@H](N)c1c(F)ccc(Cl)c1F.Cl. The Balaban J connectivity index is 0.00000169. The maximum Gasteiger partial charge on any atom is 0.149 e. The maximum absolute atomic E-state index is 13.2. The topological polar surface area (TPSA) is 26.0 Å². The minimum absolute atomic E-state index is 0. The Morgan fingerprint density at radius 3 is 2.50 bits per heavy atom. The van der Waals surface area contributed by atoms with Gasteiger partial charge in [0.2, 0.25) is 0 Å². The minimum Gasteiger partial charge on any atom is -0.324 e. The Bertz CT molecular complexity index is 318. The Kier molecular flexibility index (Phi) is 5.34. The van der Waals surface area contributed by atoms with E-state index in [4.69, 9.17) is 17.3 Å². The zero-order valence-corrected chi connectivity index (χ0v) is 9.13. The molecule has 1 nitrogen and oxygen atoms in total. The van der Waals surface area contributed by atoms with E-state index in [2.05, 4.69) is 0 Å². The van der Waals surface area contributed by atoms with Gasteiger partial charge < -0.3 is 5.73 Å². The Morgan fingerprint density at radius 1 is 1.43 bits per heavy atom. The Morgan fingerprint density at radius 2 is 2.00 bits per heavy atom. The van der Waals surface area contributed by atoms with Gasteiger partial charge in [-0.15, -0.1) is 12.4 Å². The summed E-state index contributed by atoms with van der Waals surface area (Å²) >= 11 is 5.49. The number of benzene rings is 1. The smallest absolute Gasteiger partial charge is 0.149 e. The standard InChI is InChI=1S/C9H10ClF2N.ClH/c1-2-7(13)8-6(11)4-3-5(10)9(8)12;/h3-4,7H,2,13H2,1H3;1H/t7-;/m1./s1. The zero-order valence-electron chi connectivity index (χ0n) is 7.56. The van der Waals surface area contributed by atoms with Crippen LogP contribution in [0.4, 0.5) is 8.78 Å². The molecular formula is C9H11Cl2F2N. The van der Waals surface area contributed by atoms with Gasteiger partial charge in [-0.25, -0.2) is 8.78 Å². The van der Waals surface area contributed by atoms with Crippen LogP contribution in [0, 0.1) is 11.6 Å². The Labute approximate surface area is 92.7 Å². The molecule has 1 rings (SSSR count). The van der Waals surface area contributed by atoms with Gasteiger partial charge >= 0.3 is 0 Å². The molecule has 0 heterocycles. The second-order valence-corrected chi connectivity index (χ2v) is 3.18. The fourth-order valence-corrected chi connectivity index (χ4v) is 1.25. The van der Waals surface area contributed by atoms with Crippen molar-refractivity contribution in [2.75, 3.05) is 0 Å². The molecule has 5 heteroatoms. The van der Waals surface area contributed by atoms with E-state index in [1.54, 1.807) is 6.92 Å². The first-order valence-electron chi connectivity index (χ1n) is 3.96. The first-order valence-corrected chi connectivity index (χ1v) is 4.34. The van der Waals surface area contributed by atoms with Crippen molar-refractivity contribution in [2.24, 2.45) is 5.73 Å². The molecule has 1 atom stereocenters. The molecule has 0 radical (unpaired) electrons. The molecule has 0 aliphatic rings. The normalized spacial score (nSPS) is 12.1. The summed E-state index contributed by atoms with van der Waals surface area (Å²) in [6, 6.07) is 1.66. The third kappa shape index (κ3) is 2.56. The van der Waals surface area contributed by atoms with Crippen molar-refractivity contribution in [1.82, 2.24) is 0 Å². The van der Waals surface area contributed by atoms with Crippen LogP contribution in [0.15, 0.2) is 12.1 Å². The van der Waals surface area contributed by atoms with Crippen LogP contribution >= 0.6 is 24.0 Å². The molecule has 2 N–H and O–H groups in total. The average Bonchev–Trinajstić information content (AvgIpc) is 2.12. The lowest BCUT2D eigenvalue weighted by Gasteiger charge is -2.11. The van der Waals surface area contributed by atoms with Gasteiger partial charge in [0, 0.05) is 11.6 Å². The molecule has 0 saturated heterocycles. The molecule has 0 unspecified atom stereocenters. The summed E-state index contributed by atoms with van der Waals surface area (Å²) < 4.78 is 26.3. The molecule has 80 valence electrons. The van der Waals surface area contributed by atoms with Crippen LogP contribution in [0.2, 0.25) is 5.02 Å². The first kappa shape index (κ1) is 13.6. The van der Waals surface area contributed by atoms with E-state index >= 15 is 0 Å².